The minimum absolute atomic E-state index is 0.291. The molecule has 116 heavy (non-hydrogen) atoms. The zero-order valence-electron chi connectivity index (χ0n) is 67.2. The zero-order chi connectivity index (χ0) is 85.8. The van der Waals surface area contributed by atoms with Gasteiger partial charge in [0, 0.05) is 44.9 Å². The zero-order valence-corrected chi connectivity index (χ0v) is 69.3. The first-order valence-corrected chi connectivity index (χ1v) is 38.9. The summed E-state index contributed by atoms with van der Waals surface area (Å²) in [5.41, 5.74) is 8.62. The number of benzene rings is 5. The average Bonchev–Trinajstić information content (AvgIpc) is 1.71. The standard InChI is InChI=1S/C20H23NO4.C19H22N2O4.C15H14O2.C14H12O2.C10H8O2.C6H13NO3.C5H7I.C4H6O/c1-20(2,24)17(19(23)25-3)21-18(22)16-12-10-15(11-13-16)7-5-4-6-14-8-9-14;1-19(2,24)16(18(23)21-25)20-17(22)15-11-9-14(10-12-15)6-4-3-5-13-7-8-13;1-17-15(16)14-10-8-13(9-11-14)5-3-2-4-12-6-7-12;15-14(16)13-9-7-12(8-10-13)4-2-1-3-11-5-6-11;1-3-8-4-6-9(7-5-8)10(11)12-2;1-6(2,9)4(7)5(8)10-3;6-4-3-5-1-2-5;5-3-4-1-2-4/h4,6,10-14,17,24H,8-9H2,1-3H3,(H,21,22);3,5,9-13,16,24-25H,7-8H2,1-2H3,(H,20,22)(H,21,23);2,4,8-12H,6-7H2,1H3;1,3,7-11H,5-6H2,(H,15,16);1,4-7H,2H3;4,9H,7H2,1-3H3;3-5H,1-2H2;3-4H,1-2H2/b6-4+;5-3+;4-2+;3-1+;;;4-3+;/t17-;16-;;;;4-;;/m11...1../s1. The van der Waals surface area contributed by atoms with Gasteiger partial charge in [0.25, 0.3) is 17.7 Å². The number of nitrogens with one attached hydrogen (secondary N) is 3. The van der Waals surface area contributed by atoms with Gasteiger partial charge in [0.05, 0.1) is 61.9 Å². The third-order valence-electron chi connectivity index (χ3n) is 17.1. The summed E-state index contributed by atoms with van der Waals surface area (Å²) in [4.78, 5) is 101. The number of terminal acetylenes is 1. The van der Waals surface area contributed by atoms with E-state index in [4.69, 9.17) is 27.6 Å². The number of hydrogen-bond acceptors (Lipinski definition) is 18. The van der Waals surface area contributed by atoms with E-state index in [1.54, 1.807) is 109 Å². The van der Waals surface area contributed by atoms with Crippen molar-refractivity contribution in [2.45, 2.75) is 154 Å². The first-order valence-electron chi connectivity index (χ1n) is 37.7. The number of carbonyl (C=O) groups excluding carboxylic acids is 8. The molecule has 0 aliphatic heterocycles. The topological polar surface area (TPSA) is 354 Å². The second kappa shape index (κ2) is 50.7. The number of aromatic carboxylic acids is 1. The number of aldehydes is 1. The Kier molecular flexibility index (Phi) is 42.4. The number of nitrogens with two attached hydrogens (primary N) is 1. The maximum atomic E-state index is 12.3. The summed E-state index contributed by atoms with van der Waals surface area (Å²) in [6.07, 6.45) is 39.7. The summed E-state index contributed by atoms with van der Waals surface area (Å²) < 4.78 is 20.2. The number of esters is 4. The van der Waals surface area contributed by atoms with Crippen molar-refractivity contribution >= 4 is 76.4 Å². The Hall–Kier alpha value is -11.4. The number of methoxy groups -OCH3 is 4. The first kappa shape index (κ1) is 96.9. The van der Waals surface area contributed by atoms with Gasteiger partial charge in [0.2, 0.25) is 0 Å². The summed E-state index contributed by atoms with van der Waals surface area (Å²) in [6, 6.07) is 30.2. The second-order valence-electron chi connectivity index (χ2n) is 29.1. The molecule has 5 aromatic rings. The molecule has 5 aromatic carbocycles. The van der Waals surface area contributed by atoms with Crippen LogP contribution in [0, 0.1) is 95.2 Å². The van der Waals surface area contributed by atoms with Crippen molar-refractivity contribution in [3.8, 4) is 59.7 Å². The second-order valence-corrected chi connectivity index (χ2v) is 29.8. The minimum Gasteiger partial charge on any atom is -0.478 e. The normalized spacial score (nSPS) is 14.9. The van der Waals surface area contributed by atoms with Gasteiger partial charge in [-0.15, -0.1) is 6.42 Å². The van der Waals surface area contributed by atoms with Gasteiger partial charge in [-0.3, -0.25) is 24.4 Å². The van der Waals surface area contributed by atoms with E-state index in [1.165, 1.54) is 140 Å². The lowest BCUT2D eigenvalue weighted by Gasteiger charge is -2.28. The van der Waals surface area contributed by atoms with Gasteiger partial charge in [0.1, 0.15) is 18.4 Å². The molecule has 6 aliphatic carbocycles. The molecular formula is C93H105IN4O18. The van der Waals surface area contributed by atoms with Gasteiger partial charge in [-0.05, 0) is 298 Å². The lowest BCUT2D eigenvalue weighted by molar-refractivity contribution is -0.149. The predicted molar refractivity (Wildman–Crippen MR) is 453 cm³/mol. The minimum atomic E-state index is -1.54. The highest BCUT2D eigenvalue weighted by Crippen LogP contribution is 2.32. The number of ether oxygens (including phenoxy) is 4. The largest absolute Gasteiger partial charge is 0.478 e. The molecule has 23 heteroatoms. The van der Waals surface area contributed by atoms with E-state index in [0.717, 1.165) is 64.7 Å². The molecule has 22 nitrogen and oxygen atoms in total. The number of allylic oxidation sites excluding steroid dienone is 9. The molecule has 0 bridgehead atoms. The van der Waals surface area contributed by atoms with E-state index < -0.39 is 70.6 Å². The number of carboxylic acids is 1. The van der Waals surface area contributed by atoms with Crippen molar-refractivity contribution in [3.63, 3.8) is 0 Å². The molecule has 6 saturated carbocycles. The molecule has 11 rings (SSSR count). The van der Waals surface area contributed by atoms with Crippen molar-refractivity contribution in [3.05, 3.63) is 236 Å². The van der Waals surface area contributed by atoms with Crippen molar-refractivity contribution in [1.29, 1.82) is 0 Å². The molecule has 3 amide bonds. The number of carboxylic acid groups (broad SMARTS) is 1. The van der Waals surface area contributed by atoms with Gasteiger partial charge in [-0.25, -0.2) is 24.7 Å². The van der Waals surface area contributed by atoms with Crippen LogP contribution in [-0.4, -0.2) is 143 Å². The number of aliphatic hydroxyl groups is 3. The van der Waals surface area contributed by atoms with Crippen LogP contribution in [0.2, 0.25) is 0 Å². The molecule has 0 aromatic heterocycles. The van der Waals surface area contributed by atoms with Crippen LogP contribution in [0.4, 0.5) is 0 Å². The summed E-state index contributed by atoms with van der Waals surface area (Å²) >= 11 is 2.26. The predicted octanol–water partition coefficient (Wildman–Crippen LogP) is 12.6. The molecule has 0 unspecified atom stereocenters. The van der Waals surface area contributed by atoms with Crippen LogP contribution in [-0.2, 0) is 38.1 Å². The molecule has 612 valence electrons. The number of hydrogen-bond donors (Lipinski definition) is 9. The third-order valence-corrected chi connectivity index (χ3v) is 17.6. The van der Waals surface area contributed by atoms with Gasteiger partial charge in [0.15, 0.2) is 6.04 Å². The molecular weight excluding hydrogens is 1590 g/mol. The van der Waals surface area contributed by atoms with Gasteiger partial charge in [-0.1, -0.05) is 106 Å². The van der Waals surface area contributed by atoms with Gasteiger partial charge >= 0.3 is 29.8 Å². The fourth-order valence-electron chi connectivity index (χ4n) is 8.86. The molecule has 3 atom stereocenters. The summed E-state index contributed by atoms with van der Waals surface area (Å²) in [5, 5.41) is 51.5. The summed E-state index contributed by atoms with van der Waals surface area (Å²) in [7, 11) is 5.16. The highest BCUT2D eigenvalue weighted by Gasteiger charge is 2.37. The fraction of sp³-hybridized carbons (Fsp3) is 0.366. The van der Waals surface area contributed by atoms with Crippen LogP contribution in [0.25, 0.3) is 0 Å². The Labute approximate surface area is 694 Å². The smallest absolute Gasteiger partial charge is 0.337 e. The first-order chi connectivity index (χ1) is 55.2. The molecule has 0 radical (unpaired) electrons. The monoisotopic (exact) mass is 1690 g/mol. The van der Waals surface area contributed by atoms with E-state index >= 15 is 0 Å². The van der Waals surface area contributed by atoms with Crippen molar-refractivity contribution in [1.82, 2.24) is 16.1 Å². The van der Waals surface area contributed by atoms with Crippen molar-refractivity contribution in [2.75, 3.05) is 28.4 Å². The number of hydroxylamine groups is 1. The molecule has 10 N–H and O–H groups in total. The van der Waals surface area contributed by atoms with Crippen LogP contribution in [0.5, 0.6) is 0 Å². The average molecular weight is 1690 g/mol. The quantitative estimate of drug-likeness (QED) is 0.00705. The van der Waals surface area contributed by atoms with E-state index in [1.807, 2.05) is 36.4 Å². The summed E-state index contributed by atoms with van der Waals surface area (Å²) in [5.74, 6) is 25.8. The SMILES string of the molecule is C#Cc1ccc(C(=O)OC)cc1.CC(C)(O)[C@H](NC(=O)c1ccc(C#C/C=C/C2CC2)cc1)C(=O)NO.COC(=O)[C@@H](N)C(C)(C)O.COC(=O)[C@@H](NC(=O)c1ccc(C#C/C=C/C2CC2)cc1)C(C)(C)O.COC(=O)c1ccc(C#C/C=C/C2CC2)cc1.I/C=C/C1CC1.O=C(O)c1ccc(C#C/C=C/C2CC2)cc1.O=CC1CC1. The van der Waals surface area contributed by atoms with Crippen LogP contribution in [0.1, 0.15) is 198 Å². The van der Waals surface area contributed by atoms with Gasteiger partial charge < -0.3 is 60.5 Å². The Morgan fingerprint density at radius 3 is 0.931 bits per heavy atom. The maximum absolute atomic E-state index is 12.3. The fourth-order valence-corrected chi connectivity index (χ4v) is 9.45. The van der Waals surface area contributed by atoms with E-state index in [2.05, 4.69) is 140 Å². The highest BCUT2D eigenvalue weighted by atomic mass is 127. The van der Waals surface area contributed by atoms with E-state index in [9.17, 15) is 53.4 Å². The molecule has 0 saturated heterocycles. The number of carbonyl (C=O) groups is 9. The number of rotatable bonds is 19. The molecule has 6 aliphatic rings. The number of halogens is 1. The Balaban J connectivity index is 0.000000291. The Bertz CT molecular complexity index is 4400. The maximum Gasteiger partial charge on any atom is 0.337 e. The Morgan fingerprint density at radius 1 is 0.431 bits per heavy atom. The third kappa shape index (κ3) is 41.6. The Morgan fingerprint density at radius 2 is 0.716 bits per heavy atom. The van der Waals surface area contributed by atoms with E-state index in [-0.39, 0.29) is 11.9 Å². The van der Waals surface area contributed by atoms with Crippen LogP contribution in [0.3, 0.4) is 0 Å². The van der Waals surface area contributed by atoms with Crippen LogP contribution in [0.15, 0.2) is 180 Å². The van der Waals surface area contributed by atoms with Crippen molar-refractivity contribution in [2.24, 2.45) is 41.2 Å². The highest BCUT2D eigenvalue weighted by molar-refractivity contribution is 14.1. The lowest BCUT2D eigenvalue weighted by Crippen LogP contribution is -2.57. The van der Waals surface area contributed by atoms with Crippen molar-refractivity contribution < 1.29 is 87.7 Å². The van der Waals surface area contributed by atoms with E-state index in [0.29, 0.717) is 45.6 Å². The van der Waals surface area contributed by atoms with Crippen LogP contribution < -0.4 is 21.8 Å². The van der Waals surface area contributed by atoms with Gasteiger partial charge in [-0.2, -0.15) is 0 Å². The lowest BCUT2D eigenvalue weighted by atomic mass is 9.97. The molecule has 6 fully saturated rings. The molecule has 0 spiro atoms. The molecule has 0 heterocycles. The summed E-state index contributed by atoms with van der Waals surface area (Å²) in [6.45, 7) is 8.50. The van der Waals surface area contributed by atoms with Crippen LogP contribution >= 0.6 is 22.6 Å². The number of amides is 3.